The molecule has 0 N–H and O–H groups in total. The highest BCUT2D eigenvalue weighted by molar-refractivity contribution is 5.84. The molecule has 0 aliphatic rings. The van der Waals surface area contributed by atoms with Crippen LogP contribution in [-0.4, -0.2) is 4.98 Å². The normalized spacial score (nSPS) is 10.5. The predicted molar refractivity (Wildman–Crippen MR) is 55.7 cm³/mol. The third kappa shape index (κ3) is 1.55. The van der Waals surface area contributed by atoms with Gasteiger partial charge in [0.1, 0.15) is 0 Å². The minimum atomic E-state index is 1.14. The van der Waals surface area contributed by atoms with Crippen LogP contribution >= 0.6 is 0 Å². The summed E-state index contributed by atoms with van der Waals surface area (Å²) >= 11 is 0. The minimum absolute atomic E-state index is 1.14. The molecule has 0 atom stereocenters. The standard InChI is InChI=1S/C12H13N/c1-2-4-10-5-3-6-11-7-8-13-9-12(10)11/h3,5-9H,2,4H2,1H3. The molecule has 0 bridgehead atoms. The van der Waals surface area contributed by atoms with Gasteiger partial charge in [-0.05, 0) is 23.4 Å². The van der Waals surface area contributed by atoms with Crippen LogP contribution in [0.25, 0.3) is 10.8 Å². The molecule has 2 rings (SSSR count). The first-order valence-electron chi connectivity index (χ1n) is 4.73. The summed E-state index contributed by atoms with van der Waals surface area (Å²) < 4.78 is 0. The molecule has 0 unspecified atom stereocenters. The van der Waals surface area contributed by atoms with Crippen LogP contribution in [0.3, 0.4) is 0 Å². The molecule has 0 radical (unpaired) electrons. The minimum Gasteiger partial charge on any atom is -0.264 e. The zero-order chi connectivity index (χ0) is 9.10. The first kappa shape index (κ1) is 8.24. The lowest BCUT2D eigenvalue weighted by molar-refractivity contribution is 0.929. The number of aryl methyl sites for hydroxylation is 1. The van der Waals surface area contributed by atoms with Crippen molar-refractivity contribution in [3.8, 4) is 0 Å². The molecule has 66 valence electrons. The molecule has 0 saturated heterocycles. The first-order valence-corrected chi connectivity index (χ1v) is 4.73. The zero-order valence-corrected chi connectivity index (χ0v) is 7.83. The van der Waals surface area contributed by atoms with E-state index in [1.54, 1.807) is 0 Å². The van der Waals surface area contributed by atoms with Crippen molar-refractivity contribution in [1.29, 1.82) is 0 Å². The van der Waals surface area contributed by atoms with Crippen LogP contribution in [0.15, 0.2) is 36.7 Å². The van der Waals surface area contributed by atoms with E-state index >= 15 is 0 Å². The number of nitrogens with zero attached hydrogens (tertiary/aromatic N) is 1. The van der Waals surface area contributed by atoms with Crippen LogP contribution in [0.5, 0.6) is 0 Å². The van der Waals surface area contributed by atoms with Crippen LogP contribution in [0.1, 0.15) is 18.9 Å². The largest absolute Gasteiger partial charge is 0.264 e. The van der Waals surface area contributed by atoms with E-state index in [-0.39, 0.29) is 0 Å². The Morgan fingerprint density at radius 3 is 3.00 bits per heavy atom. The van der Waals surface area contributed by atoms with E-state index in [1.165, 1.54) is 22.8 Å². The summed E-state index contributed by atoms with van der Waals surface area (Å²) in [6, 6.07) is 8.51. The third-order valence-corrected chi connectivity index (χ3v) is 2.29. The van der Waals surface area contributed by atoms with E-state index in [1.807, 2.05) is 12.4 Å². The summed E-state index contributed by atoms with van der Waals surface area (Å²) in [7, 11) is 0. The molecular weight excluding hydrogens is 158 g/mol. The highest BCUT2D eigenvalue weighted by Gasteiger charge is 1.98. The van der Waals surface area contributed by atoms with Gasteiger partial charge in [-0.2, -0.15) is 0 Å². The zero-order valence-electron chi connectivity index (χ0n) is 7.83. The number of hydrogen-bond donors (Lipinski definition) is 0. The monoisotopic (exact) mass is 171 g/mol. The second-order valence-electron chi connectivity index (χ2n) is 3.26. The number of benzene rings is 1. The molecule has 0 amide bonds. The van der Waals surface area contributed by atoms with Crippen molar-refractivity contribution in [3.05, 3.63) is 42.2 Å². The average molecular weight is 171 g/mol. The van der Waals surface area contributed by atoms with E-state index in [9.17, 15) is 0 Å². The highest BCUT2D eigenvalue weighted by Crippen LogP contribution is 2.18. The lowest BCUT2D eigenvalue weighted by atomic mass is 10.0. The lowest BCUT2D eigenvalue weighted by Gasteiger charge is -2.03. The Bertz CT molecular complexity index is 401. The van der Waals surface area contributed by atoms with Crippen LogP contribution in [0.2, 0.25) is 0 Å². The fourth-order valence-corrected chi connectivity index (χ4v) is 1.66. The van der Waals surface area contributed by atoms with E-state index < -0.39 is 0 Å². The molecule has 0 aliphatic heterocycles. The lowest BCUT2D eigenvalue weighted by Crippen LogP contribution is -1.85. The van der Waals surface area contributed by atoms with Crippen molar-refractivity contribution >= 4 is 10.8 Å². The fourth-order valence-electron chi connectivity index (χ4n) is 1.66. The van der Waals surface area contributed by atoms with Crippen molar-refractivity contribution in [2.24, 2.45) is 0 Å². The van der Waals surface area contributed by atoms with E-state index in [0.717, 1.165) is 6.42 Å². The molecule has 13 heavy (non-hydrogen) atoms. The molecule has 1 aromatic carbocycles. The van der Waals surface area contributed by atoms with Gasteiger partial charge in [-0.3, -0.25) is 4.98 Å². The number of aromatic nitrogens is 1. The molecule has 1 aromatic heterocycles. The van der Waals surface area contributed by atoms with Gasteiger partial charge in [0.15, 0.2) is 0 Å². The molecule has 1 heteroatoms. The summed E-state index contributed by atoms with van der Waals surface area (Å²) in [5.74, 6) is 0. The summed E-state index contributed by atoms with van der Waals surface area (Å²) in [6.07, 6.45) is 6.13. The summed E-state index contributed by atoms with van der Waals surface area (Å²) in [6.45, 7) is 2.20. The van der Waals surface area contributed by atoms with E-state index in [2.05, 4.69) is 36.2 Å². The van der Waals surface area contributed by atoms with Gasteiger partial charge in [0.05, 0.1) is 0 Å². The smallest absolute Gasteiger partial charge is 0.0349 e. The Morgan fingerprint density at radius 1 is 1.23 bits per heavy atom. The van der Waals surface area contributed by atoms with Crippen molar-refractivity contribution in [3.63, 3.8) is 0 Å². The van der Waals surface area contributed by atoms with Gasteiger partial charge in [0, 0.05) is 17.8 Å². The third-order valence-electron chi connectivity index (χ3n) is 2.29. The maximum absolute atomic E-state index is 4.16. The van der Waals surface area contributed by atoms with Gasteiger partial charge in [0.25, 0.3) is 0 Å². The molecule has 0 fully saturated rings. The number of fused-ring (bicyclic) bond motifs is 1. The van der Waals surface area contributed by atoms with Gasteiger partial charge in [0.2, 0.25) is 0 Å². The van der Waals surface area contributed by atoms with E-state index in [0.29, 0.717) is 0 Å². The van der Waals surface area contributed by atoms with Crippen LogP contribution in [0.4, 0.5) is 0 Å². The van der Waals surface area contributed by atoms with Gasteiger partial charge in [-0.25, -0.2) is 0 Å². The quantitative estimate of drug-likeness (QED) is 0.676. The Morgan fingerprint density at radius 2 is 2.15 bits per heavy atom. The Kier molecular flexibility index (Phi) is 2.26. The Labute approximate surface area is 78.4 Å². The predicted octanol–water partition coefficient (Wildman–Crippen LogP) is 3.19. The van der Waals surface area contributed by atoms with Crippen LogP contribution in [0, 0.1) is 0 Å². The number of rotatable bonds is 2. The Hall–Kier alpha value is -1.37. The molecular formula is C12H13N. The van der Waals surface area contributed by atoms with Gasteiger partial charge >= 0.3 is 0 Å². The topological polar surface area (TPSA) is 12.9 Å². The van der Waals surface area contributed by atoms with Crippen LogP contribution in [-0.2, 0) is 6.42 Å². The van der Waals surface area contributed by atoms with Crippen LogP contribution < -0.4 is 0 Å². The SMILES string of the molecule is CCCc1cccc2ccncc12. The molecule has 0 spiro atoms. The summed E-state index contributed by atoms with van der Waals surface area (Å²) in [5, 5.41) is 2.59. The Balaban J connectivity index is 2.61. The summed E-state index contributed by atoms with van der Waals surface area (Å²) in [4.78, 5) is 4.16. The van der Waals surface area contributed by atoms with Gasteiger partial charge < -0.3 is 0 Å². The molecule has 2 aromatic rings. The first-order chi connectivity index (χ1) is 6.42. The van der Waals surface area contributed by atoms with Crippen molar-refractivity contribution in [1.82, 2.24) is 4.98 Å². The summed E-state index contributed by atoms with van der Waals surface area (Å²) in [5.41, 5.74) is 1.41. The molecule has 0 aliphatic carbocycles. The second kappa shape index (κ2) is 3.56. The highest BCUT2D eigenvalue weighted by atomic mass is 14.6. The molecule has 0 saturated carbocycles. The van der Waals surface area contributed by atoms with E-state index in [4.69, 9.17) is 0 Å². The maximum Gasteiger partial charge on any atom is 0.0349 e. The van der Waals surface area contributed by atoms with Crippen molar-refractivity contribution < 1.29 is 0 Å². The molecule has 1 heterocycles. The van der Waals surface area contributed by atoms with Crippen molar-refractivity contribution in [2.45, 2.75) is 19.8 Å². The maximum atomic E-state index is 4.16. The van der Waals surface area contributed by atoms with Gasteiger partial charge in [-0.1, -0.05) is 31.5 Å². The number of hydrogen-bond acceptors (Lipinski definition) is 1. The van der Waals surface area contributed by atoms with Crippen molar-refractivity contribution in [2.75, 3.05) is 0 Å². The molecule has 1 nitrogen and oxygen atoms in total. The fraction of sp³-hybridized carbons (Fsp3) is 0.250. The number of pyridine rings is 1. The average Bonchev–Trinajstić information content (AvgIpc) is 2.19. The second-order valence-corrected chi connectivity index (χ2v) is 3.26. The van der Waals surface area contributed by atoms with Gasteiger partial charge in [-0.15, -0.1) is 0 Å².